The lowest BCUT2D eigenvalue weighted by atomic mass is 9.84. The van der Waals surface area contributed by atoms with Crippen LogP contribution in [0.15, 0.2) is 0 Å². The van der Waals surface area contributed by atoms with E-state index in [4.69, 9.17) is 6.42 Å². The Morgan fingerprint density at radius 2 is 2.12 bits per heavy atom. The maximum Gasteiger partial charge on any atom is 0.0712 e. The van der Waals surface area contributed by atoms with E-state index < -0.39 is 0 Å². The molecule has 0 spiro atoms. The molecule has 3 atom stereocenters. The second-order valence-electron chi connectivity index (χ2n) is 5.96. The Balaban J connectivity index is 2.73. The number of rotatable bonds is 2. The molecule has 1 aliphatic heterocycles. The fourth-order valence-corrected chi connectivity index (χ4v) is 2.35. The largest absolute Gasteiger partial charge is 0.311 e. The third-order valence-electron chi connectivity index (χ3n) is 3.64. The highest BCUT2D eigenvalue weighted by Gasteiger charge is 2.34. The van der Waals surface area contributed by atoms with Crippen LogP contribution in [-0.2, 0) is 0 Å². The van der Waals surface area contributed by atoms with Crippen molar-refractivity contribution in [2.75, 3.05) is 13.1 Å². The summed E-state index contributed by atoms with van der Waals surface area (Å²) < 4.78 is 0. The van der Waals surface area contributed by atoms with E-state index in [0.717, 1.165) is 19.5 Å². The lowest BCUT2D eigenvalue weighted by molar-refractivity contribution is 0.0741. The molecule has 0 radical (unpaired) electrons. The molecular weight excluding hydrogens is 196 g/mol. The second kappa shape index (κ2) is 5.21. The van der Waals surface area contributed by atoms with Crippen LogP contribution in [-0.4, -0.2) is 36.1 Å². The minimum absolute atomic E-state index is 0.293. The van der Waals surface area contributed by atoms with Gasteiger partial charge >= 0.3 is 0 Å². The quantitative estimate of drug-likeness (QED) is 0.720. The Morgan fingerprint density at radius 3 is 2.56 bits per heavy atom. The van der Waals surface area contributed by atoms with Crippen molar-refractivity contribution < 1.29 is 0 Å². The number of hydrogen-bond donors (Lipinski definition) is 1. The van der Waals surface area contributed by atoms with Crippen molar-refractivity contribution in [2.45, 2.75) is 59.2 Å². The summed E-state index contributed by atoms with van der Waals surface area (Å²) in [6.07, 6.45) is 6.66. The molecule has 2 nitrogen and oxygen atoms in total. The first kappa shape index (κ1) is 13.5. The lowest BCUT2D eigenvalue weighted by Gasteiger charge is -2.45. The molecule has 0 aromatic carbocycles. The fraction of sp³-hybridized carbons (Fsp3) is 0.857. The molecule has 1 fully saturated rings. The van der Waals surface area contributed by atoms with E-state index in [2.05, 4.69) is 50.8 Å². The Bertz CT molecular complexity index is 259. The predicted molar refractivity (Wildman–Crippen MR) is 70.3 cm³/mol. The van der Waals surface area contributed by atoms with E-state index in [9.17, 15) is 0 Å². The molecule has 1 saturated heterocycles. The number of piperazine rings is 1. The number of hydrogen-bond acceptors (Lipinski definition) is 2. The highest BCUT2D eigenvalue weighted by atomic mass is 15.3. The first-order chi connectivity index (χ1) is 7.40. The molecule has 0 aromatic rings. The highest BCUT2D eigenvalue weighted by molar-refractivity contribution is 5.03. The molecule has 0 bridgehead atoms. The smallest absolute Gasteiger partial charge is 0.0712 e. The second-order valence-corrected chi connectivity index (χ2v) is 5.96. The summed E-state index contributed by atoms with van der Waals surface area (Å²) in [4.78, 5) is 2.48. The van der Waals surface area contributed by atoms with Gasteiger partial charge in [0.05, 0.1) is 6.04 Å². The van der Waals surface area contributed by atoms with Gasteiger partial charge in [-0.25, -0.2) is 0 Å². The van der Waals surface area contributed by atoms with Crippen molar-refractivity contribution in [3.8, 4) is 12.3 Å². The SMILES string of the molecule is C#CC(CC)N1CC(C(C)(C)C)NCC1C. The minimum Gasteiger partial charge on any atom is -0.311 e. The zero-order valence-electron chi connectivity index (χ0n) is 11.4. The Kier molecular flexibility index (Phi) is 4.41. The van der Waals surface area contributed by atoms with Gasteiger partial charge in [-0.1, -0.05) is 33.6 Å². The number of terminal acetylenes is 1. The van der Waals surface area contributed by atoms with E-state index in [0.29, 0.717) is 23.5 Å². The molecule has 0 amide bonds. The summed E-state index contributed by atoms with van der Waals surface area (Å²) in [5, 5.41) is 3.63. The zero-order valence-corrected chi connectivity index (χ0v) is 11.4. The van der Waals surface area contributed by atoms with Gasteiger partial charge in [-0.2, -0.15) is 0 Å². The molecule has 2 heteroatoms. The minimum atomic E-state index is 0.293. The molecular formula is C14H26N2. The van der Waals surface area contributed by atoms with E-state index in [1.165, 1.54) is 0 Å². The average Bonchev–Trinajstić information content (AvgIpc) is 2.20. The molecule has 92 valence electrons. The Morgan fingerprint density at radius 1 is 1.50 bits per heavy atom. The van der Waals surface area contributed by atoms with Crippen LogP contribution in [0.3, 0.4) is 0 Å². The van der Waals surface area contributed by atoms with Crippen LogP contribution < -0.4 is 5.32 Å². The predicted octanol–water partition coefficient (Wildman–Crippen LogP) is 2.11. The van der Waals surface area contributed by atoms with Gasteiger partial charge in [-0.3, -0.25) is 4.90 Å². The van der Waals surface area contributed by atoms with E-state index in [1.807, 2.05) is 0 Å². The van der Waals surface area contributed by atoms with E-state index in [-0.39, 0.29) is 0 Å². The molecule has 1 rings (SSSR count). The highest BCUT2D eigenvalue weighted by Crippen LogP contribution is 2.24. The molecule has 0 saturated carbocycles. The van der Waals surface area contributed by atoms with Crippen molar-refractivity contribution in [2.24, 2.45) is 5.41 Å². The zero-order chi connectivity index (χ0) is 12.3. The summed E-state index contributed by atoms with van der Waals surface area (Å²) >= 11 is 0. The van der Waals surface area contributed by atoms with E-state index in [1.54, 1.807) is 0 Å². The van der Waals surface area contributed by atoms with Crippen LogP contribution in [0.5, 0.6) is 0 Å². The number of nitrogens with one attached hydrogen (secondary N) is 1. The first-order valence-corrected chi connectivity index (χ1v) is 6.35. The van der Waals surface area contributed by atoms with Gasteiger partial charge in [0.15, 0.2) is 0 Å². The molecule has 0 aliphatic carbocycles. The molecule has 3 unspecified atom stereocenters. The maximum absolute atomic E-state index is 5.62. The van der Waals surface area contributed by atoms with E-state index >= 15 is 0 Å². The topological polar surface area (TPSA) is 15.3 Å². The maximum atomic E-state index is 5.62. The number of nitrogens with zero attached hydrogens (tertiary/aromatic N) is 1. The molecule has 16 heavy (non-hydrogen) atoms. The van der Waals surface area contributed by atoms with Crippen LogP contribution in [0.1, 0.15) is 41.0 Å². The van der Waals surface area contributed by atoms with Crippen LogP contribution in [0, 0.1) is 17.8 Å². The van der Waals surface area contributed by atoms with Gasteiger partial charge in [0.1, 0.15) is 0 Å². The van der Waals surface area contributed by atoms with Gasteiger partial charge in [0.25, 0.3) is 0 Å². The van der Waals surface area contributed by atoms with Crippen molar-refractivity contribution in [3.63, 3.8) is 0 Å². The van der Waals surface area contributed by atoms with Crippen molar-refractivity contribution in [1.29, 1.82) is 0 Å². The lowest BCUT2D eigenvalue weighted by Crippen LogP contribution is -2.61. The Hall–Kier alpha value is -0.520. The fourth-order valence-electron chi connectivity index (χ4n) is 2.35. The average molecular weight is 222 g/mol. The van der Waals surface area contributed by atoms with Gasteiger partial charge in [-0.05, 0) is 18.8 Å². The van der Waals surface area contributed by atoms with Crippen LogP contribution in [0.2, 0.25) is 0 Å². The third kappa shape index (κ3) is 2.99. The molecule has 1 heterocycles. The Labute approximate surface area is 101 Å². The monoisotopic (exact) mass is 222 g/mol. The molecule has 1 aliphatic rings. The summed E-state index contributed by atoms with van der Waals surface area (Å²) in [6.45, 7) is 13.4. The van der Waals surface area contributed by atoms with Gasteiger partial charge < -0.3 is 5.32 Å². The summed E-state index contributed by atoms with van der Waals surface area (Å²) in [6, 6.07) is 1.37. The van der Waals surface area contributed by atoms with Crippen molar-refractivity contribution in [3.05, 3.63) is 0 Å². The van der Waals surface area contributed by atoms with Gasteiger partial charge in [0.2, 0.25) is 0 Å². The summed E-state index contributed by atoms with van der Waals surface area (Å²) in [7, 11) is 0. The van der Waals surface area contributed by atoms with Gasteiger partial charge in [-0.15, -0.1) is 6.42 Å². The van der Waals surface area contributed by atoms with Gasteiger partial charge in [0, 0.05) is 25.2 Å². The summed E-state index contributed by atoms with van der Waals surface area (Å²) in [5.74, 6) is 2.92. The third-order valence-corrected chi connectivity index (χ3v) is 3.64. The van der Waals surface area contributed by atoms with Crippen LogP contribution >= 0.6 is 0 Å². The standard InChI is InChI=1S/C14H26N2/c1-7-12(8-2)16-10-13(14(4,5)6)15-9-11(16)3/h1,11-13,15H,8-10H2,2-6H3. The summed E-state index contributed by atoms with van der Waals surface area (Å²) in [5.41, 5.74) is 0.297. The van der Waals surface area contributed by atoms with Crippen LogP contribution in [0.4, 0.5) is 0 Å². The molecule has 0 aromatic heterocycles. The van der Waals surface area contributed by atoms with Crippen molar-refractivity contribution in [1.82, 2.24) is 10.2 Å². The molecule has 1 N–H and O–H groups in total. The normalized spacial score (nSPS) is 29.8. The van der Waals surface area contributed by atoms with Crippen molar-refractivity contribution >= 4 is 0 Å². The van der Waals surface area contributed by atoms with Crippen LogP contribution in [0.25, 0.3) is 0 Å². The first-order valence-electron chi connectivity index (χ1n) is 6.35.